The fourth-order valence-corrected chi connectivity index (χ4v) is 2.62. The second-order valence-corrected chi connectivity index (χ2v) is 4.89. The topological polar surface area (TPSA) is 39.9 Å². The molecule has 0 amide bonds. The lowest BCUT2D eigenvalue weighted by Crippen LogP contribution is -1.97. The van der Waals surface area contributed by atoms with Gasteiger partial charge in [0.2, 0.25) is 6.86 Å². The first kappa shape index (κ1) is 12.8. The second-order valence-electron chi connectivity index (χ2n) is 4.89. The maximum Gasteiger partial charge on any atom is 0.228 e. The molecule has 0 spiro atoms. The second kappa shape index (κ2) is 5.11. The van der Waals surface area contributed by atoms with Gasteiger partial charge in [-0.1, -0.05) is 12.1 Å². The third kappa shape index (κ3) is 1.98. The Balaban J connectivity index is 1.90. The molecule has 0 bridgehead atoms. The smallest absolute Gasteiger partial charge is 0.228 e. The molecular formula is C17H12FN3O. The number of ether oxygens (including phenoxy) is 1. The Morgan fingerprint density at radius 2 is 2.05 bits per heavy atom. The molecule has 0 aliphatic rings. The lowest BCUT2D eigenvalue weighted by atomic mass is 10.1. The number of hydrogen-bond acceptors (Lipinski definition) is 3. The van der Waals surface area contributed by atoms with Crippen molar-refractivity contribution in [2.24, 2.45) is 0 Å². The monoisotopic (exact) mass is 293 g/mol. The zero-order chi connectivity index (χ0) is 14.9. The van der Waals surface area contributed by atoms with Gasteiger partial charge < -0.3 is 4.74 Å². The quantitative estimate of drug-likeness (QED) is 0.575. The molecule has 0 aliphatic heterocycles. The Kier molecular flexibility index (Phi) is 2.96. The van der Waals surface area contributed by atoms with Crippen molar-refractivity contribution in [1.82, 2.24) is 14.5 Å². The van der Waals surface area contributed by atoms with Crippen LogP contribution >= 0.6 is 0 Å². The van der Waals surface area contributed by atoms with Crippen molar-refractivity contribution in [2.45, 2.75) is 0 Å². The zero-order valence-electron chi connectivity index (χ0n) is 11.6. The summed E-state index contributed by atoms with van der Waals surface area (Å²) in [6.45, 7) is -0.852. The van der Waals surface area contributed by atoms with Crippen LogP contribution in [0.2, 0.25) is 0 Å². The minimum Gasteiger partial charge on any atom is -0.462 e. The van der Waals surface area contributed by atoms with E-state index in [-0.39, 0.29) is 0 Å². The van der Waals surface area contributed by atoms with Gasteiger partial charge in [0, 0.05) is 29.4 Å². The van der Waals surface area contributed by atoms with Crippen LogP contribution in [-0.4, -0.2) is 21.4 Å². The standard InChI is InChI=1S/C17H12FN3O/c18-11-22-16-3-1-2-13-8-17(20-9-14(13)16)21-7-5-12-4-6-19-10-15(12)21/h1-10H,11H2. The molecule has 0 saturated carbocycles. The van der Waals surface area contributed by atoms with E-state index in [1.807, 2.05) is 47.3 Å². The Morgan fingerprint density at radius 3 is 2.95 bits per heavy atom. The first-order valence-electron chi connectivity index (χ1n) is 6.86. The predicted octanol–water partition coefficient (Wildman–Crippen LogP) is 3.88. The summed E-state index contributed by atoms with van der Waals surface area (Å²) in [5, 5.41) is 2.84. The van der Waals surface area contributed by atoms with Crippen molar-refractivity contribution in [3.63, 3.8) is 0 Å². The molecule has 0 saturated heterocycles. The Hall–Kier alpha value is -2.95. The van der Waals surface area contributed by atoms with Gasteiger partial charge >= 0.3 is 0 Å². The van der Waals surface area contributed by atoms with Crippen LogP contribution in [0.4, 0.5) is 4.39 Å². The molecule has 0 aliphatic carbocycles. The van der Waals surface area contributed by atoms with E-state index in [0.717, 1.165) is 27.5 Å². The molecule has 4 rings (SSSR count). The van der Waals surface area contributed by atoms with Crippen LogP contribution in [0.1, 0.15) is 0 Å². The molecule has 108 valence electrons. The average Bonchev–Trinajstić information content (AvgIpc) is 2.99. The number of fused-ring (bicyclic) bond motifs is 2. The Morgan fingerprint density at radius 1 is 1.09 bits per heavy atom. The van der Waals surface area contributed by atoms with E-state index in [2.05, 4.69) is 9.97 Å². The molecule has 5 heteroatoms. The minimum atomic E-state index is -0.852. The van der Waals surface area contributed by atoms with Crippen molar-refractivity contribution in [3.8, 4) is 11.6 Å². The van der Waals surface area contributed by atoms with Crippen molar-refractivity contribution in [3.05, 3.63) is 61.2 Å². The number of nitrogens with zero attached hydrogens (tertiary/aromatic N) is 3. The molecule has 4 nitrogen and oxygen atoms in total. The van der Waals surface area contributed by atoms with E-state index in [0.29, 0.717) is 5.75 Å². The first-order chi connectivity index (χ1) is 10.9. The summed E-state index contributed by atoms with van der Waals surface area (Å²) >= 11 is 0. The van der Waals surface area contributed by atoms with Crippen LogP contribution in [0.25, 0.3) is 27.5 Å². The van der Waals surface area contributed by atoms with Crippen LogP contribution in [0.15, 0.2) is 61.2 Å². The SMILES string of the molecule is FCOc1cccc2cc(-n3ccc4ccncc43)ncc12. The molecule has 0 unspecified atom stereocenters. The van der Waals surface area contributed by atoms with E-state index < -0.39 is 6.86 Å². The molecule has 0 fully saturated rings. The molecule has 0 radical (unpaired) electrons. The number of aromatic nitrogens is 3. The summed E-state index contributed by atoms with van der Waals surface area (Å²) in [5.41, 5.74) is 0.991. The molecule has 0 atom stereocenters. The Labute approximate surface area is 125 Å². The van der Waals surface area contributed by atoms with Crippen molar-refractivity contribution in [1.29, 1.82) is 0 Å². The number of hydrogen-bond donors (Lipinski definition) is 0. The van der Waals surface area contributed by atoms with Gasteiger partial charge in [-0.2, -0.15) is 0 Å². The molecule has 4 aromatic rings. The maximum atomic E-state index is 12.4. The third-order valence-corrected chi connectivity index (χ3v) is 3.66. The van der Waals surface area contributed by atoms with E-state index >= 15 is 0 Å². The zero-order valence-corrected chi connectivity index (χ0v) is 11.6. The summed E-state index contributed by atoms with van der Waals surface area (Å²) in [4.78, 5) is 8.64. The van der Waals surface area contributed by atoms with Crippen molar-refractivity contribution >= 4 is 21.7 Å². The van der Waals surface area contributed by atoms with Gasteiger partial charge in [-0.05, 0) is 29.7 Å². The van der Waals surface area contributed by atoms with Crippen LogP contribution in [-0.2, 0) is 0 Å². The normalized spacial score (nSPS) is 11.1. The Bertz CT molecular complexity index is 964. The highest BCUT2D eigenvalue weighted by Gasteiger charge is 2.07. The van der Waals surface area contributed by atoms with Gasteiger partial charge in [0.05, 0.1) is 11.7 Å². The number of pyridine rings is 2. The first-order valence-corrected chi connectivity index (χ1v) is 6.86. The molecule has 22 heavy (non-hydrogen) atoms. The average molecular weight is 293 g/mol. The molecule has 0 N–H and O–H groups in total. The maximum absolute atomic E-state index is 12.4. The summed E-state index contributed by atoms with van der Waals surface area (Å²) in [5.74, 6) is 1.28. The van der Waals surface area contributed by atoms with Crippen molar-refractivity contribution in [2.75, 3.05) is 6.86 Å². The van der Waals surface area contributed by atoms with E-state index in [1.165, 1.54) is 0 Å². The highest BCUT2D eigenvalue weighted by atomic mass is 19.1. The van der Waals surface area contributed by atoms with Crippen molar-refractivity contribution < 1.29 is 9.13 Å². The van der Waals surface area contributed by atoms with Crippen LogP contribution < -0.4 is 4.74 Å². The third-order valence-electron chi connectivity index (χ3n) is 3.66. The van der Waals surface area contributed by atoms with E-state index in [4.69, 9.17) is 4.74 Å². The highest BCUT2D eigenvalue weighted by Crippen LogP contribution is 2.27. The summed E-state index contributed by atoms with van der Waals surface area (Å²) in [6, 6.07) is 11.5. The number of benzene rings is 1. The molecule has 1 aromatic carbocycles. The van der Waals surface area contributed by atoms with Gasteiger partial charge in [0.15, 0.2) is 0 Å². The summed E-state index contributed by atoms with van der Waals surface area (Å²) in [7, 11) is 0. The molecular weight excluding hydrogens is 281 g/mol. The fourth-order valence-electron chi connectivity index (χ4n) is 2.62. The predicted molar refractivity (Wildman–Crippen MR) is 83.0 cm³/mol. The van der Waals surface area contributed by atoms with Gasteiger partial charge in [-0.3, -0.25) is 9.55 Å². The van der Waals surface area contributed by atoms with Gasteiger partial charge in [0.1, 0.15) is 11.6 Å². The molecule has 3 aromatic heterocycles. The lowest BCUT2D eigenvalue weighted by molar-refractivity contribution is 0.194. The largest absolute Gasteiger partial charge is 0.462 e. The van der Waals surface area contributed by atoms with E-state index in [1.54, 1.807) is 18.5 Å². The van der Waals surface area contributed by atoms with Crippen LogP contribution in [0.5, 0.6) is 5.75 Å². The van der Waals surface area contributed by atoms with E-state index in [9.17, 15) is 4.39 Å². The summed E-state index contributed by atoms with van der Waals surface area (Å²) in [6.07, 6.45) is 7.24. The highest BCUT2D eigenvalue weighted by molar-refractivity contribution is 5.89. The van der Waals surface area contributed by atoms with Gasteiger partial charge in [-0.15, -0.1) is 0 Å². The van der Waals surface area contributed by atoms with Gasteiger partial charge in [0.25, 0.3) is 0 Å². The number of alkyl halides is 1. The summed E-state index contributed by atoms with van der Waals surface area (Å²) < 4.78 is 19.4. The number of rotatable bonds is 3. The fraction of sp³-hybridized carbons (Fsp3) is 0.0588. The lowest BCUT2D eigenvalue weighted by Gasteiger charge is -2.08. The number of halogens is 1. The van der Waals surface area contributed by atoms with Crippen LogP contribution in [0, 0.1) is 0 Å². The van der Waals surface area contributed by atoms with Gasteiger partial charge in [-0.25, -0.2) is 9.37 Å². The minimum absolute atomic E-state index is 0.498. The molecule has 3 heterocycles. The van der Waals surface area contributed by atoms with Crippen LogP contribution in [0.3, 0.4) is 0 Å².